The van der Waals surface area contributed by atoms with E-state index in [0.29, 0.717) is 47.9 Å². The maximum atomic E-state index is 14.3. The summed E-state index contributed by atoms with van der Waals surface area (Å²) >= 11 is 0. The van der Waals surface area contributed by atoms with Crippen molar-refractivity contribution < 1.29 is 32.3 Å². The van der Waals surface area contributed by atoms with E-state index in [-0.39, 0.29) is 19.4 Å². The SMILES string of the molecule is C=CC1CC1(NC(=O)C1CC(Oc2cc(-c3ccccc3)nc3cc(OC)ccc23)CN1C(=O)C(N)C(C)(C)C)C(=O)NS(=O)(=O)C1(CC2CC2)CC1. The van der Waals surface area contributed by atoms with Crippen LogP contribution in [-0.2, 0) is 24.4 Å². The maximum absolute atomic E-state index is 14.3. The first-order chi connectivity index (χ1) is 25.1. The molecule has 0 radical (unpaired) electrons. The molecular formula is C40H49N5O7S. The van der Waals surface area contributed by atoms with E-state index >= 15 is 0 Å². The van der Waals surface area contributed by atoms with Gasteiger partial charge in [0.2, 0.25) is 21.8 Å². The first-order valence-electron chi connectivity index (χ1n) is 18.4. The Morgan fingerprint density at radius 1 is 1.11 bits per heavy atom. The lowest BCUT2D eigenvalue weighted by molar-refractivity contribution is -0.142. The summed E-state index contributed by atoms with van der Waals surface area (Å²) in [6, 6.07) is 15.0. The van der Waals surface area contributed by atoms with Gasteiger partial charge in [-0.25, -0.2) is 13.4 Å². The van der Waals surface area contributed by atoms with Crippen molar-refractivity contribution >= 4 is 38.6 Å². The van der Waals surface area contributed by atoms with Gasteiger partial charge in [0.15, 0.2) is 0 Å². The average molecular weight is 744 g/mol. The molecule has 13 heteroatoms. The van der Waals surface area contributed by atoms with Gasteiger partial charge in [-0.15, -0.1) is 6.58 Å². The van der Waals surface area contributed by atoms with E-state index in [9.17, 15) is 22.8 Å². The largest absolute Gasteiger partial charge is 0.497 e. The Balaban J connectivity index is 1.16. The quantitative estimate of drug-likeness (QED) is 0.214. The molecule has 0 bridgehead atoms. The maximum Gasteiger partial charge on any atom is 0.259 e. The van der Waals surface area contributed by atoms with Crippen LogP contribution < -0.4 is 25.2 Å². The predicted octanol–water partition coefficient (Wildman–Crippen LogP) is 4.47. The summed E-state index contributed by atoms with van der Waals surface area (Å²) in [7, 11) is -2.39. The van der Waals surface area contributed by atoms with E-state index in [1.165, 1.54) is 4.90 Å². The van der Waals surface area contributed by atoms with Crippen LogP contribution in [0.5, 0.6) is 11.5 Å². The van der Waals surface area contributed by atoms with Gasteiger partial charge in [-0.05, 0) is 49.1 Å². The third-order valence-electron chi connectivity index (χ3n) is 11.4. The topological polar surface area (TPSA) is 170 Å². The molecule has 1 aliphatic heterocycles. The molecule has 4 aliphatic rings. The fourth-order valence-corrected chi connectivity index (χ4v) is 9.23. The molecule has 7 rings (SSSR count). The molecule has 0 spiro atoms. The van der Waals surface area contributed by atoms with Gasteiger partial charge in [-0.2, -0.15) is 0 Å². The number of hydrogen-bond donors (Lipinski definition) is 3. The number of ether oxygens (including phenoxy) is 2. The number of fused-ring (bicyclic) bond motifs is 1. The van der Waals surface area contributed by atoms with Gasteiger partial charge in [0.1, 0.15) is 29.2 Å². The lowest BCUT2D eigenvalue weighted by atomic mass is 9.86. The third kappa shape index (κ3) is 7.13. The smallest absolute Gasteiger partial charge is 0.259 e. The van der Waals surface area contributed by atoms with Crippen molar-refractivity contribution in [1.82, 2.24) is 19.9 Å². The highest BCUT2D eigenvalue weighted by molar-refractivity contribution is 7.91. The number of nitrogens with two attached hydrogens (primary N) is 1. The van der Waals surface area contributed by atoms with Crippen LogP contribution in [0.2, 0.25) is 0 Å². The van der Waals surface area contributed by atoms with Crippen LogP contribution in [-0.4, -0.2) is 78.2 Å². The molecule has 2 heterocycles. The molecule has 1 saturated heterocycles. The van der Waals surface area contributed by atoms with Gasteiger partial charge in [0.25, 0.3) is 5.91 Å². The van der Waals surface area contributed by atoms with Crippen LogP contribution in [0, 0.1) is 17.3 Å². The number of nitrogens with zero attached hydrogens (tertiary/aromatic N) is 2. The second-order valence-corrected chi connectivity index (χ2v) is 18.4. The Hall–Kier alpha value is -4.49. The molecule has 3 aromatic rings. The van der Waals surface area contributed by atoms with Gasteiger partial charge in [0.05, 0.1) is 35.7 Å². The molecule has 3 saturated carbocycles. The summed E-state index contributed by atoms with van der Waals surface area (Å²) in [5, 5.41) is 3.60. The van der Waals surface area contributed by atoms with E-state index in [1.54, 1.807) is 13.2 Å². The minimum Gasteiger partial charge on any atom is -0.497 e. The van der Waals surface area contributed by atoms with Gasteiger partial charge < -0.3 is 25.4 Å². The van der Waals surface area contributed by atoms with Crippen LogP contribution >= 0.6 is 0 Å². The predicted molar refractivity (Wildman–Crippen MR) is 201 cm³/mol. The van der Waals surface area contributed by atoms with E-state index < -0.39 is 67.6 Å². The number of methoxy groups -OCH3 is 1. The van der Waals surface area contributed by atoms with Gasteiger partial charge in [0, 0.05) is 35.4 Å². The molecule has 3 amide bonds. The monoisotopic (exact) mass is 743 g/mol. The third-order valence-corrected chi connectivity index (χ3v) is 13.6. The minimum atomic E-state index is -3.97. The zero-order valence-electron chi connectivity index (χ0n) is 30.8. The van der Waals surface area contributed by atoms with Crippen molar-refractivity contribution in [3.63, 3.8) is 0 Å². The lowest BCUT2D eigenvalue weighted by Gasteiger charge is -2.33. The zero-order chi connectivity index (χ0) is 37.9. The van der Waals surface area contributed by atoms with Crippen molar-refractivity contribution in [3.05, 3.63) is 67.3 Å². The molecule has 1 aromatic heterocycles. The van der Waals surface area contributed by atoms with E-state index in [4.69, 9.17) is 20.2 Å². The number of rotatable bonds is 13. The van der Waals surface area contributed by atoms with Gasteiger partial charge in [-0.1, -0.05) is 70.0 Å². The normalized spacial score (nSPS) is 25.3. The Kier molecular flexibility index (Phi) is 9.33. The van der Waals surface area contributed by atoms with Crippen LogP contribution in [0.4, 0.5) is 0 Å². The number of hydrogen-bond acceptors (Lipinski definition) is 9. The standard InChI is InChI=1S/C40H49N5O7S/c1-6-26-22-40(26,37(48)44-53(49,50)39(16-17-39)21-24-12-13-24)43-35(46)32-19-28(23-45(32)36(47)34(41)38(2,3)4)52-33-20-30(25-10-8-7-9-11-25)42-31-18-27(51-5)14-15-29(31)33/h6-11,14-15,18,20,24,26,28,32,34H,1,12-13,16-17,19,21-23,41H2,2-5H3,(H,43,46)(H,44,48). The number of carbonyl (C=O) groups is 3. The average Bonchev–Trinajstić information content (AvgIpc) is 4.08. The Morgan fingerprint density at radius 3 is 2.43 bits per heavy atom. The molecule has 5 atom stereocenters. The highest BCUT2D eigenvalue weighted by atomic mass is 32.2. The van der Waals surface area contributed by atoms with Crippen LogP contribution in [0.15, 0.2) is 67.3 Å². The summed E-state index contributed by atoms with van der Waals surface area (Å²) in [6.07, 6.45) is 4.79. The van der Waals surface area contributed by atoms with Crippen LogP contribution in [0.1, 0.15) is 65.7 Å². The van der Waals surface area contributed by atoms with E-state index in [0.717, 1.165) is 23.8 Å². The number of amides is 3. The summed E-state index contributed by atoms with van der Waals surface area (Å²) in [5.74, 6) is -0.748. The summed E-state index contributed by atoms with van der Waals surface area (Å²) in [4.78, 5) is 48.5. The lowest BCUT2D eigenvalue weighted by Crippen LogP contribution is -2.59. The molecular weight excluding hydrogens is 695 g/mol. The summed E-state index contributed by atoms with van der Waals surface area (Å²) in [6.45, 7) is 9.45. The van der Waals surface area contributed by atoms with Gasteiger partial charge >= 0.3 is 0 Å². The van der Waals surface area contributed by atoms with Crippen molar-refractivity contribution in [3.8, 4) is 22.8 Å². The molecule has 4 fully saturated rings. The number of aromatic nitrogens is 1. The number of carbonyl (C=O) groups excluding carboxylic acids is 3. The number of pyridine rings is 1. The fraction of sp³-hybridized carbons (Fsp3) is 0.500. The Labute approximate surface area is 310 Å². The minimum absolute atomic E-state index is 0.0590. The van der Waals surface area contributed by atoms with Crippen LogP contribution in [0.3, 0.4) is 0 Å². The molecule has 2 aromatic carbocycles. The molecule has 12 nitrogen and oxygen atoms in total. The highest BCUT2D eigenvalue weighted by Crippen LogP contribution is 2.53. The number of benzene rings is 2. The van der Waals surface area contributed by atoms with E-state index in [2.05, 4.69) is 16.6 Å². The van der Waals surface area contributed by atoms with Crippen molar-refractivity contribution in [2.45, 2.75) is 94.2 Å². The highest BCUT2D eigenvalue weighted by Gasteiger charge is 2.64. The Morgan fingerprint density at radius 2 is 1.83 bits per heavy atom. The number of nitrogens with one attached hydrogen (secondary N) is 2. The molecule has 282 valence electrons. The van der Waals surface area contributed by atoms with Crippen LogP contribution in [0.25, 0.3) is 22.2 Å². The Bertz CT molecular complexity index is 2060. The summed E-state index contributed by atoms with van der Waals surface area (Å²) < 4.78 is 40.5. The second kappa shape index (κ2) is 13.4. The number of likely N-dealkylation sites (tertiary alicyclic amines) is 1. The second-order valence-electron chi connectivity index (χ2n) is 16.4. The molecule has 3 aliphatic carbocycles. The molecule has 4 N–H and O–H groups in total. The molecule has 53 heavy (non-hydrogen) atoms. The number of sulfonamides is 1. The van der Waals surface area contributed by atoms with Crippen molar-refractivity contribution in [2.75, 3.05) is 13.7 Å². The van der Waals surface area contributed by atoms with Crippen molar-refractivity contribution in [2.24, 2.45) is 23.0 Å². The molecule has 5 unspecified atom stereocenters. The van der Waals surface area contributed by atoms with E-state index in [1.807, 2.05) is 75.4 Å². The van der Waals surface area contributed by atoms with Gasteiger partial charge in [-0.3, -0.25) is 19.1 Å². The first-order valence-corrected chi connectivity index (χ1v) is 19.9. The summed E-state index contributed by atoms with van der Waals surface area (Å²) in [5.41, 5.74) is 6.56. The first kappa shape index (κ1) is 36.9. The van der Waals surface area contributed by atoms with Crippen molar-refractivity contribution in [1.29, 1.82) is 0 Å². The zero-order valence-corrected chi connectivity index (χ0v) is 31.6. The fourth-order valence-electron chi connectivity index (χ4n) is 7.49.